The van der Waals surface area contributed by atoms with Crippen LogP contribution in [-0.2, 0) is 0 Å². The zero-order valence-corrected chi connectivity index (χ0v) is 11.7. The number of benzene rings is 1. The Balaban J connectivity index is 2.23. The zero-order valence-electron chi connectivity index (χ0n) is 11.7. The summed E-state index contributed by atoms with van der Waals surface area (Å²) in [7, 11) is 0. The number of piperidine rings is 1. The van der Waals surface area contributed by atoms with Crippen LogP contribution < -0.4 is 5.73 Å². The van der Waals surface area contributed by atoms with Crippen LogP contribution in [0.5, 0.6) is 0 Å². The molecule has 1 aliphatic heterocycles. The number of aliphatic hydroxyl groups excluding tert-OH is 1. The second-order valence-corrected chi connectivity index (χ2v) is 5.31. The first-order valence-corrected chi connectivity index (χ1v) is 6.97. The van der Waals surface area contributed by atoms with E-state index in [0.717, 1.165) is 12.8 Å². The van der Waals surface area contributed by atoms with Crippen LogP contribution in [0.15, 0.2) is 18.2 Å². The molecule has 0 spiro atoms. The van der Waals surface area contributed by atoms with Gasteiger partial charge in [-0.15, -0.1) is 0 Å². The van der Waals surface area contributed by atoms with E-state index >= 15 is 0 Å². The molecule has 1 aromatic rings. The van der Waals surface area contributed by atoms with Crippen molar-refractivity contribution in [3.8, 4) is 0 Å². The summed E-state index contributed by atoms with van der Waals surface area (Å²) in [5, 5.41) is 20.1. The van der Waals surface area contributed by atoms with Crippen LogP contribution >= 0.6 is 0 Å². The molecule has 2 rings (SSSR count). The number of carbonyl (C=O) groups is 1. The Hall–Kier alpha value is -2.15. The first-order valence-electron chi connectivity index (χ1n) is 6.97. The number of nitro groups is 1. The Morgan fingerprint density at radius 1 is 1.52 bits per heavy atom. The van der Waals surface area contributed by atoms with Crippen LogP contribution in [0, 0.1) is 16.0 Å². The highest BCUT2D eigenvalue weighted by atomic mass is 16.6. The molecule has 0 radical (unpaired) electrons. The van der Waals surface area contributed by atoms with E-state index < -0.39 is 4.92 Å². The number of nitrogens with two attached hydrogens (primary N) is 1. The second kappa shape index (κ2) is 6.53. The van der Waals surface area contributed by atoms with Crippen molar-refractivity contribution >= 4 is 17.3 Å². The van der Waals surface area contributed by atoms with Gasteiger partial charge in [0.2, 0.25) is 0 Å². The van der Waals surface area contributed by atoms with Crippen LogP contribution in [0.25, 0.3) is 0 Å². The minimum Gasteiger partial charge on any atom is -0.399 e. The Morgan fingerprint density at radius 3 is 2.95 bits per heavy atom. The lowest BCUT2D eigenvalue weighted by molar-refractivity contribution is -0.385. The van der Waals surface area contributed by atoms with Crippen LogP contribution in [0.1, 0.15) is 29.6 Å². The van der Waals surface area contributed by atoms with Gasteiger partial charge in [0.1, 0.15) is 5.56 Å². The van der Waals surface area contributed by atoms with Crippen molar-refractivity contribution in [3.63, 3.8) is 0 Å². The monoisotopic (exact) mass is 293 g/mol. The maximum absolute atomic E-state index is 12.5. The number of nitrogens with zero attached hydrogens (tertiary/aromatic N) is 2. The Labute approximate surface area is 122 Å². The van der Waals surface area contributed by atoms with Gasteiger partial charge in [0.05, 0.1) is 4.92 Å². The van der Waals surface area contributed by atoms with Gasteiger partial charge in [-0.25, -0.2) is 0 Å². The third kappa shape index (κ3) is 3.49. The van der Waals surface area contributed by atoms with Gasteiger partial charge in [0.15, 0.2) is 0 Å². The highest BCUT2D eigenvalue weighted by molar-refractivity contribution is 5.99. The third-order valence-corrected chi connectivity index (χ3v) is 3.79. The highest BCUT2D eigenvalue weighted by Crippen LogP contribution is 2.26. The molecule has 0 aliphatic carbocycles. The van der Waals surface area contributed by atoms with E-state index in [1.165, 1.54) is 18.2 Å². The zero-order chi connectivity index (χ0) is 15.4. The van der Waals surface area contributed by atoms with Gasteiger partial charge >= 0.3 is 0 Å². The Bertz CT molecular complexity index is 545. The number of carbonyl (C=O) groups excluding carboxylic acids is 1. The number of hydrogen-bond acceptors (Lipinski definition) is 5. The van der Waals surface area contributed by atoms with Gasteiger partial charge in [-0.1, -0.05) is 0 Å². The van der Waals surface area contributed by atoms with Crippen LogP contribution in [0.2, 0.25) is 0 Å². The number of rotatable bonds is 4. The van der Waals surface area contributed by atoms with Crippen LogP contribution in [0.3, 0.4) is 0 Å². The van der Waals surface area contributed by atoms with E-state index in [0.29, 0.717) is 25.2 Å². The molecule has 7 nitrogen and oxygen atoms in total. The van der Waals surface area contributed by atoms with Crippen molar-refractivity contribution in [2.24, 2.45) is 5.92 Å². The molecule has 114 valence electrons. The minimum atomic E-state index is -0.568. The lowest BCUT2D eigenvalue weighted by atomic mass is 9.94. The van der Waals surface area contributed by atoms with Gasteiger partial charge in [-0.3, -0.25) is 14.9 Å². The number of hydrogen-bond donors (Lipinski definition) is 2. The molecule has 1 fully saturated rings. The van der Waals surface area contributed by atoms with Crippen LogP contribution in [0.4, 0.5) is 11.4 Å². The quantitative estimate of drug-likeness (QED) is 0.495. The fraction of sp³-hybridized carbons (Fsp3) is 0.500. The molecule has 1 atom stereocenters. The summed E-state index contributed by atoms with van der Waals surface area (Å²) >= 11 is 0. The summed E-state index contributed by atoms with van der Waals surface area (Å²) in [6.07, 6.45) is 2.44. The Kier molecular flexibility index (Phi) is 4.74. The summed E-state index contributed by atoms with van der Waals surface area (Å²) in [5.74, 6) is -0.121. The molecule has 1 amide bonds. The Morgan fingerprint density at radius 2 is 2.29 bits per heavy atom. The van der Waals surface area contributed by atoms with Gasteiger partial charge in [0, 0.05) is 31.5 Å². The number of amides is 1. The van der Waals surface area contributed by atoms with E-state index in [9.17, 15) is 14.9 Å². The van der Waals surface area contributed by atoms with Gasteiger partial charge in [-0.2, -0.15) is 0 Å². The van der Waals surface area contributed by atoms with E-state index in [1.54, 1.807) is 4.90 Å². The molecule has 0 aromatic heterocycles. The van der Waals surface area contributed by atoms with Gasteiger partial charge in [0.25, 0.3) is 11.6 Å². The molecular weight excluding hydrogens is 274 g/mol. The van der Waals surface area contributed by atoms with Gasteiger partial charge < -0.3 is 15.7 Å². The average molecular weight is 293 g/mol. The largest absolute Gasteiger partial charge is 0.399 e. The highest BCUT2D eigenvalue weighted by Gasteiger charge is 2.28. The van der Waals surface area contributed by atoms with E-state index in [1.807, 2.05) is 0 Å². The van der Waals surface area contributed by atoms with Crippen molar-refractivity contribution in [1.29, 1.82) is 0 Å². The smallest absolute Gasteiger partial charge is 0.282 e. The molecule has 0 bridgehead atoms. The van der Waals surface area contributed by atoms with E-state index in [4.69, 9.17) is 10.8 Å². The summed E-state index contributed by atoms with van der Waals surface area (Å²) in [5.41, 5.74) is 5.78. The first kappa shape index (κ1) is 15.2. The predicted octanol–water partition coefficient (Wildman–Crippen LogP) is 1.41. The van der Waals surface area contributed by atoms with Crippen molar-refractivity contribution in [3.05, 3.63) is 33.9 Å². The molecule has 21 heavy (non-hydrogen) atoms. The van der Waals surface area contributed by atoms with E-state index in [-0.39, 0.29) is 29.7 Å². The lowest BCUT2D eigenvalue weighted by Gasteiger charge is -2.32. The summed E-state index contributed by atoms with van der Waals surface area (Å²) in [4.78, 5) is 24.6. The van der Waals surface area contributed by atoms with Crippen molar-refractivity contribution in [2.75, 3.05) is 25.4 Å². The lowest BCUT2D eigenvalue weighted by Crippen LogP contribution is -2.40. The number of nitrogen functional groups attached to an aromatic ring is 1. The number of nitro benzene ring substituents is 1. The topological polar surface area (TPSA) is 110 Å². The molecule has 1 unspecified atom stereocenters. The molecular formula is C14H19N3O4. The average Bonchev–Trinajstić information content (AvgIpc) is 2.46. The third-order valence-electron chi connectivity index (χ3n) is 3.79. The second-order valence-electron chi connectivity index (χ2n) is 5.31. The summed E-state index contributed by atoms with van der Waals surface area (Å²) in [6, 6.07) is 4.04. The van der Waals surface area contributed by atoms with Crippen molar-refractivity contribution in [1.82, 2.24) is 4.90 Å². The minimum absolute atomic E-state index is 0.0321. The molecule has 7 heteroatoms. The maximum Gasteiger partial charge on any atom is 0.282 e. The first-order chi connectivity index (χ1) is 10.0. The fourth-order valence-electron chi connectivity index (χ4n) is 2.72. The molecule has 3 N–H and O–H groups in total. The molecule has 1 heterocycles. The normalized spacial score (nSPS) is 18.5. The molecule has 1 saturated heterocycles. The number of likely N-dealkylation sites (tertiary alicyclic amines) is 1. The SMILES string of the molecule is Nc1ccc([N+](=O)[O-])c(C(=O)N2CCCC(CCO)C2)c1. The van der Waals surface area contributed by atoms with Crippen molar-refractivity contribution < 1.29 is 14.8 Å². The fourth-order valence-corrected chi connectivity index (χ4v) is 2.72. The maximum atomic E-state index is 12.5. The van der Waals surface area contributed by atoms with Crippen LogP contribution in [-0.4, -0.2) is 40.5 Å². The number of anilines is 1. The molecule has 1 aromatic carbocycles. The molecule has 0 saturated carbocycles. The number of aliphatic hydroxyl groups is 1. The predicted molar refractivity (Wildman–Crippen MR) is 77.8 cm³/mol. The van der Waals surface area contributed by atoms with E-state index in [2.05, 4.69) is 0 Å². The molecule has 1 aliphatic rings. The van der Waals surface area contributed by atoms with Crippen molar-refractivity contribution in [2.45, 2.75) is 19.3 Å². The van der Waals surface area contributed by atoms with Gasteiger partial charge in [-0.05, 0) is 37.3 Å². The summed E-state index contributed by atoms with van der Waals surface area (Å²) in [6.45, 7) is 1.18. The standard InChI is InChI=1S/C14H19N3O4/c15-11-3-4-13(17(20)21)12(8-11)14(19)16-6-1-2-10(9-16)5-7-18/h3-4,8,10,18H,1-2,5-7,9,15H2. The summed E-state index contributed by atoms with van der Waals surface area (Å²) < 4.78 is 0.